The minimum absolute atomic E-state index is 0.236. The zero-order valence-corrected chi connectivity index (χ0v) is 14.5. The number of ether oxygens (including phenoxy) is 1. The molecule has 0 spiro atoms. The van der Waals surface area contributed by atoms with Gasteiger partial charge < -0.3 is 14.2 Å². The Labute approximate surface area is 153 Å². The van der Waals surface area contributed by atoms with E-state index < -0.39 is 6.36 Å². The predicted molar refractivity (Wildman–Crippen MR) is 95.1 cm³/mol. The molecule has 27 heavy (non-hydrogen) atoms. The summed E-state index contributed by atoms with van der Waals surface area (Å²) < 4.78 is 43.2. The lowest BCUT2D eigenvalue weighted by atomic mass is 9.98. The van der Waals surface area contributed by atoms with Crippen molar-refractivity contribution >= 4 is 11.3 Å². The lowest BCUT2D eigenvalue weighted by Gasteiger charge is -2.28. The first-order valence-corrected chi connectivity index (χ1v) is 8.46. The monoisotopic (exact) mass is 374 g/mol. The van der Waals surface area contributed by atoms with E-state index in [9.17, 15) is 13.2 Å². The molecule has 0 unspecified atom stereocenters. The maximum Gasteiger partial charge on any atom is 0.573 e. The number of aryl methyl sites for hydroxylation is 1. The van der Waals surface area contributed by atoms with E-state index in [-0.39, 0.29) is 5.75 Å². The van der Waals surface area contributed by atoms with Gasteiger partial charge in [-0.25, -0.2) is 0 Å². The van der Waals surface area contributed by atoms with Gasteiger partial charge in [-0.1, -0.05) is 0 Å². The van der Waals surface area contributed by atoms with Gasteiger partial charge in [0.25, 0.3) is 0 Å². The van der Waals surface area contributed by atoms with Crippen LogP contribution in [0.1, 0.15) is 23.7 Å². The number of hydrogen-bond acceptors (Lipinski definition) is 3. The molecule has 0 fully saturated rings. The molecule has 1 N–H and O–H groups in total. The van der Waals surface area contributed by atoms with E-state index in [0.29, 0.717) is 6.54 Å². The standard InChI is InChI=1S/C19H17F3N4O/c1-2-25-8-7-16-17(13-9-23-24-10-13)11-26(12-18(16)25)14-3-5-15(6-4-14)27-19(20,21)22/h3-11H,2,12H2,1H3,(H,23,24). The number of nitrogens with one attached hydrogen (secondary N) is 1. The molecular weight excluding hydrogens is 357 g/mol. The predicted octanol–water partition coefficient (Wildman–Crippen LogP) is 4.54. The Morgan fingerprint density at radius 1 is 1.19 bits per heavy atom. The second-order valence-electron chi connectivity index (χ2n) is 6.16. The van der Waals surface area contributed by atoms with Crippen LogP contribution in [0.25, 0.3) is 5.57 Å². The molecular formula is C19H17F3N4O. The maximum absolute atomic E-state index is 12.4. The zero-order valence-electron chi connectivity index (χ0n) is 14.5. The van der Waals surface area contributed by atoms with Gasteiger partial charge in [0.05, 0.1) is 12.7 Å². The molecule has 2 aromatic heterocycles. The van der Waals surface area contributed by atoms with Gasteiger partial charge in [0.1, 0.15) is 5.75 Å². The van der Waals surface area contributed by atoms with Gasteiger partial charge in [-0.05, 0) is 37.3 Å². The van der Waals surface area contributed by atoms with Crippen LogP contribution >= 0.6 is 0 Å². The molecule has 0 atom stereocenters. The van der Waals surface area contributed by atoms with E-state index >= 15 is 0 Å². The Hall–Kier alpha value is -3.16. The van der Waals surface area contributed by atoms with Gasteiger partial charge in [-0.2, -0.15) is 5.10 Å². The number of halogens is 3. The second-order valence-corrected chi connectivity index (χ2v) is 6.16. The highest BCUT2D eigenvalue weighted by molar-refractivity contribution is 5.84. The summed E-state index contributed by atoms with van der Waals surface area (Å²) in [5.41, 5.74) is 5.01. The van der Waals surface area contributed by atoms with Crippen molar-refractivity contribution in [2.24, 2.45) is 0 Å². The quantitative estimate of drug-likeness (QED) is 0.729. The highest BCUT2D eigenvalue weighted by Crippen LogP contribution is 2.35. The van der Waals surface area contributed by atoms with Gasteiger partial charge in [-0.3, -0.25) is 5.10 Å². The third-order valence-electron chi connectivity index (χ3n) is 4.53. The fourth-order valence-corrected chi connectivity index (χ4v) is 3.29. The normalized spacial score (nSPS) is 14.1. The van der Waals surface area contributed by atoms with Crippen molar-refractivity contribution in [3.63, 3.8) is 0 Å². The first-order chi connectivity index (χ1) is 12.9. The smallest absolute Gasteiger partial charge is 0.406 e. The largest absolute Gasteiger partial charge is 0.573 e. The van der Waals surface area contributed by atoms with Crippen LogP contribution in [-0.4, -0.2) is 21.1 Å². The molecule has 1 aliphatic rings. The van der Waals surface area contributed by atoms with Crippen LogP contribution in [0.5, 0.6) is 5.75 Å². The van der Waals surface area contributed by atoms with Crippen molar-refractivity contribution in [2.45, 2.75) is 26.4 Å². The molecule has 5 nitrogen and oxygen atoms in total. The third-order valence-corrected chi connectivity index (χ3v) is 4.53. The molecule has 3 aromatic rings. The molecule has 0 saturated carbocycles. The first-order valence-electron chi connectivity index (χ1n) is 8.46. The fourth-order valence-electron chi connectivity index (χ4n) is 3.29. The van der Waals surface area contributed by atoms with Crippen LogP contribution < -0.4 is 9.64 Å². The number of fused-ring (bicyclic) bond motifs is 1. The summed E-state index contributed by atoms with van der Waals surface area (Å²) in [6.45, 7) is 3.53. The number of aromatic nitrogens is 3. The summed E-state index contributed by atoms with van der Waals surface area (Å²) >= 11 is 0. The van der Waals surface area contributed by atoms with Gasteiger partial charge in [-0.15, -0.1) is 13.2 Å². The molecule has 0 bridgehead atoms. The van der Waals surface area contributed by atoms with Crippen LogP contribution in [-0.2, 0) is 13.1 Å². The number of anilines is 1. The minimum Gasteiger partial charge on any atom is -0.406 e. The lowest BCUT2D eigenvalue weighted by molar-refractivity contribution is -0.274. The maximum atomic E-state index is 12.4. The van der Waals surface area contributed by atoms with Crippen LogP contribution in [0.4, 0.5) is 18.9 Å². The van der Waals surface area contributed by atoms with E-state index in [1.165, 1.54) is 12.1 Å². The summed E-state index contributed by atoms with van der Waals surface area (Å²) in [7, 11) is 0. The van der Waals surface area contributed by atoms with Crippen molar-refractivity contribution in [3.05, 3.63) is 71.9 Å². The topological polar surface area (TPSA) is 46.1 Å². The number of rotatable bonds is 4. The molecule has 0 saturated heterocycles. The number of H-pyrrole nitrogens is 1. The van der Waals surface area contributed by atoms with Crippen LogP contribution in [0.3, 0.4) is 0 Å². The van der Waals surface area contributed by atoms with E-state index in [0.717, 1.165) is 34.6 Å². The summed E-state index contributed by atoms with van der Waals surface area (Å²) in [6.07, 6.45) is 2.92. The van der Waals surface area contributed by atoms with E-state index in [1.807, 2.05) is 23.5 Å². The van der Waals surface area contributed by atoms with Crippen molar-refractivity contribution in [1.29, 1.82) is 0 Å². The summed E-state index contributed by atoms with van der Waals surface area (Å²) in [5, 5.41) is 6.85. The molecule has 1 aromatic carbocycles. The van der Waals surface area contributed by atoms with E-state index in [1.54, 1.807) is 18.3 Å². The molecule has 3 heterocycles. The van der Waals surface area contributed by atoms with Crippen LogP contribution in [0, 0.1) is 0 Å². The fraction of sp³-hybridized carbons (Fsp3) is 0.211. The Balaban J connectivity index is 1.70. The van der Waals surface area contributed by atoms with Crippen molar-refractivity contribution in [2.75, 3.05) is 4.90 Å². The Kier molecular flexibility index (Phi) is 4.18. The van der Waals surface area contributed by atoms with E-state index in [2.05, 4.69) is 32.5 Å². The van der Waals surface area contributed by atoms with Crippen molar-refractivity contribution < 1.29 is 17.9 Å². The number of nitrogens with zero attached hydrogens (tertiary/aromatic N) is 3. The molecule has 1 aliphatic heterocycles. The SMILES string of the molecule is CCn1ccc2c1CN(c1ccc(OC(F)(F)F)cc1)C=C2c1cn[nH]c1. The Morgan fingerprint density at radius 2 is 1.96 bits per heavy atom. The average Bonchev–Trinajstić information content (AvgIpc) is 3.30. The van der Waals surface area contributed by atoms with Crippen molar-refractivity contribution in [3.8, 4) is 5.75 Å². The van der Waals surface area contributed by atoms with Gasteiger partial charge in [0.2, 0.25) is 0 Å². The van der Waals surface area contributed by atoms with Crippen molar-refractivity contribution in [1.82, 2.24) is 14.8 Å². The van der Waals surface area contributed by atoms with Gasteiger partial charge >= 0.3 is 6.36 Å². The highest BCUT2D eigenvalue weighted by atomic mass is 19.4. The number of benzene rings is 1. The molecule has 0 radical (unpaired) electrons. The van der Waals surface area contributed by atoms with E-state index in [4.69, 9.17) is 0 Å². The molecule has 0 aliphatic carbocycles. The minimum atomic E-state index is -4.70. The summed E-state index contributed by atoms with van der Waals surface area (Å²) in [6, 6.07) is 7.96. The summed E-state index contributed by atoms with van der Waals surface area (Å²) in [5.74, 6) is -0.236. The number of alkyl halides is 3. The number of hydrogen-bond donors (Lipinski definition) is 1. The Morgan fingerprint density at radius 3 is 2.59 bits per heavy atom. The average molecular weight is 374 g/mol. The van der Waals surface area contributed by atoms with Crippen LogP contribution in [0.2, 0.25) is 0 Å². The van der Waals surface area contributed by atoms with Gasteiger partial charge in [0, 0.05) is 53.2 Å². The summed E-state index contributed by atoms with van der Waals surface area (Å²) in [4.78, 5) is 2.01. The third kappa shape index (κ3) is 3.42. The first kappa shape index (κ1) is 17.3. The molecule has 4 rings (SSSR count). The Bertz CT molecular complexity index is 956. The number of aromatic amines is 1. The molecule has 140 valence electrons. The second kappa shape index (κ2) is 6.53. The highest BCUT2D eigenvalue weighted by Gasteiger charge is 2.31. The zero-order chi connectivity index (χ0) is 19.0. The van der Waals surface area contributed by atoms with Gasteiger partial charge in [0.15, 0.2) is 0 Å². The van der Waals surface area contributed by atoms with Crippen LogP contribution in [0.15, 0.2) is 55.1 Å². The lowest BCUT2D eigenvalue weighted by Crippen LogP contribution is -2.23. The molecule has 0 amide bonds. The molecule has 8 heteroatoms.